The van der Waals surface area contributed by atoms with Gasteiger partial charge in [0.2, 0.25) is 5.91 Å². The molecule has 1 aromatic rings. The van der Waals surface area contributed by atoms with Crippen LogP contribution in [0.2, 0.25) is 0 Å². The van der Waals surface area contributed by atoms with Crippen LogP contribution in [0.4, 0.5) is 4.39 Å². The minimum absolute atomic E-state index is 0. The third-order valence-electron chi connectivity index (χ3n) is 4.08. The van der Waals surface area contributed by atoms with Crippen molar-refractivity contribution < 1.29 is 9.18 Å². The van der Waals surface area contributed by atoms with Gasteiger partial charge < -0.3 is 11.1 Å². The minimum atomic E-state index is -0.361. The fraction of sp³-hybridized carbons (Fsp3) is 0.533. The average molecular weight is 301 g/mol. The quantitative estimate of drug-likeness (QED) is 0.898. The normalized spacial score (nSPS) is 18.1. The maximum atomic E-state index is 13.2. The van der Waals surface area contributed by atoms with Crippen LogP contribution in [0, 0.1) is 5.82 Å². The molecule has 1 saturated carbocycles. The van der Waals surface area contributed by atoms with Crippen LogP contribution in [0.5, 0.6) is 0 Å². The highest BCUT2D eigenvalue weighted by atomic mass is 35.5. The van der Waals surface area contributed by atoms with E-state index in [-0.39, 0.29) is 35.6 Å². The van der Waals surface area contributed by atoms with Gasteiger partial charge in [-0.3, -0.25) is 4.79 Å². The number of hydrogen-bond donors (Lipinski definition) is 2. The number of carbonyl (C=O) groups is 1. The van der Waals surface area contributed by atoms with Gasteiger partial charge in [-0.05, 0) is 37.5 Å². The second kappa shape index (κ2) is 7.04. The summed E-state index contributed by atoms with van der Waals surface area (Å²) in [6, 6.07) is 6.19. The maximum Gasteiger partial charge on any atom is 0.227 e. The van der Waals surface area contributed by atoms with E-state index in [2.05, 4.69) is 5.32 Å². The van der Waals surface area contributed by atoms with Crippen LogP contribution >= 0.6 is 12.4 Å². The number of nitrogens with two attached hydrogens (primary N) is 1. The minimum Gasteiger partial charge on any atom is -0.349 e. The van der Waals surface area contributed by atoms with Crippen LogP contribution in [-0.4, -0.2) is 18.0 Å². The lowest BCUT2D eigenvalue weighted by atomic mass is 9.94. The van der Waals surface area contributed by atoms with Gasteiger partial charge in [0.25, 0.3) is 0 Å². The van der Waals surface area contributed by atoms with Crippen molar-refractivity contribution in [1.82, 2.24) is 5.32 Å². The molecule has 0 aliphatic heterocycles. The molecule has 1 aliphatic rings. The zero-order chi connectivity index (χ0) is 13.9. The molecule has 0 spiro atoms. The lowest BCUT2D eigenvalue weighted by Crippen LogP contribution is -2.52. The third kappa shape index (κ3) is 3.70. The van der Waals surface area contributed by atoms with Crippen molar-refractivity contribution in [2.75, 3.05) is 6.54 Å². The molecule has 0 heterocycles. The monoisotopic (exact) mass is 300 g/mol. The second-order valence-corrected chi connectivity index (χ2v) is 5.46. The first-order chi connectivity index (χ1) is 9.06. The van der Waals surface area contributed by atoms with Crippen molar-refractivity contribution in [3.63, 3.8) is 0 Å². The highest BCUT2D eigenvalue weighted by Gasteiger charge is 2.35. The summed E-state index contributed by atoms with van der Waals surface area (Å²) < 4.78 is 13.2. The summed E-state index contributed by atoms with van der Waals surface area (Å²) in [6.45, 7) is 2.26. The molecule has 0 saturated heterocycles. The molecule has 0 radical (unpaired) electrons. The van der Waals surface area contributed by atoms with Crippen LogP contribution in [0.3, 0.4) is 0 Å². The van der Waals surface area contributed by atoms with Gasteiger partial charge in [0.1, 0.15) is 5.82 Å². The lowest BCUT2D eigenvalue weighted by molar-refractivity contribution is -0.124. The van der Waals surface area contributed by atoms with E-state index in [1.807, 2.05) is 0 Å². The van der Waals surface area contributed by atoms with Gasteiger partial charge in [0.15, 0.2) is 0 Å². The fourth-order valence-electron chi connectivity index (χ4n) is 2.73. The molecule has 2 rings (SSSR count). The molecule has 1 fully saturated rings. The molecule has 20 heavy (non-hydrogen) atoms. The molecule has 112 valence electrons. The molecular formula is C15H22ClFN2O. The number of nitrogens with one attached hydrogen (secondary N) is 1. The van der Waals surface area contributed by atoms with Gasteiger partial charge >= 0.3 is 0 Å². The van der Waals surface area contributed by atoms with Gasteiger partial charge in [0.05, 0.1) is 11.5 Å². The summed E-state index contributed by atoms with van der Waals surface area (Å²) in [5, 5.41) is 3.07. The standard InChI is InChI=1S/C15H21FN2O.ClH/c1-11(12-5-4-6-13(16)9-12)14(19)18-15(10-17)7-2-3-8-15;/h4-6,9,11H,2-3,7-8,10,17H2,1H3,(H,18,19);1H. The first-order valence-electron chi connectivity index (χ1n) is 6.84. The molecule has 0 bridgehead atoms. The zero-order valence-electron chi connectivity index (χ0n) is 11.7. The van der Waals surface area contributed by atoms with Crippen molar-refractivity contribution >= 4 is 18.3 Å². The Bertz CT molecular complexity index is 461. The number of amides is 1. The Morgan fingerprint density at radius 3 is 2.65 bits per heavy atom. The molecule has 3 nitrogen and oxygen atoms in total. The summed E-state index contributed by atoms with van der Waals surface area (Å²) in [5.74, 6) is -0.746. The predicted octanol–water partition coefficient (Wildman–Crippen LogP) is 2.74. The Morgan fingerprint density at radius 1 is 1.45 bits per heavy atom. The van der Waals surface area contributed by atoms with Gasteiger partial charge in [-0.2, -0.15) is 0 Å². The van der Waals surface area contributed by atoms with E-state index < -0.39 is 0 Å². The van der Waals surface area contributed by atoms with E-state index in [1.165, 1.54) is 12.1 Å². The number of carbonyl (C=O) groups excluding carboxylic acids is 1. The van der Waals surface area contributed by atoms with Crippen LogP contribution in [0.25, 0.3) is 0 Å². The Morgan fingerprint density at radius 2 is 2.10 bits per heavy atom. The van der Waals surface area contributed by atoms with Gasteiger partial charge in [0, 0.05) is 6.54 Å². The molecule has 5 heteroatoms. The first kappa shape index (κ1) is 16.9. The summed E-state index contributed by atoms with van der Waals surface area (Å²) in [6.07, 6.45) is 4.08. The summed E-state index contributed by atoms with van der Waals surface area (Å²) in [4.78, 5) is 12.3. The van der Waals surface area contributed by atoms with Gasteiger partial charge in [-0.15, -0.1) is 12.4 Å². The maximum absolute atomic E-state index is 13.2. The number of halogens is 2. The van der Waals surface area contributed by atoms with Crippen LogP contribution < -0.4 is 11.1 Å². The molecule has 1 atom stereocenters. The van der Waals surface area contributed by atoms with E-state index >= 15 is 0 Å². The summed E-state index contributed by atoms with van der Waals surface area (Å²) in [5.41, 5.74) is 6.25. The molecular weight excluding hydrogens is 279 g/mol. The van der Waals surface area contributed by atoms with E-state index in [4.69, 9.17) is 5.73 Å². The molecule has 1 unspecified atom stereocenters. The third-order valence-corrected chi connectivity index (χ3v) is 4.08. The van der Waals surface area contributed by atoms with Gasteiger partial charge in [-0.1, -0.05) is 25.0 Å². The fourth-order valence-corrected chi connectivity index (χ4v) is 2.73. The highest BCUT2D eigenvalue weighted by molar-refractivity contribution is 5.85. The summed E-state index contributed by atoms with van der Waals surface area (Å²) >= 11 is 0. The topological polar surface area (TPSA) is 55.1 Å². The second-order valence-electron chi connectivity index (χ2n) is 5.46. The SMILES string of the molecule is CC(C(=O)NC1(CN)CCCC1)c1cccc(F)c1.Cl. The van der Waals surface area contributed by atoms with Crippen molar-refractivity contribution in [2.24, 2.45) is 5.73 Å². The molecule has 1 aromatic carbocycles. The first-order valence-corrected chi connectivity index (χ1v) is 6.84. The van der Waals surface area contributed by atoms with Gasteiger partial charge in [-0.25, -0.2) is 4.39 Å². The highest BCUT2D eigenvalue weighted by Crippen LogP contribution is 2.29. The average Bonchev–Trinajstić information content (AvgIpc) is 2.87. The Kier molecular flexibility index (Phi) is 5.96. The number of hydrogen-bond acceptors (Lipinski definition) is 2. The van der Waals surface area contributed by atoms with Crippen molar-refractivity contribution in [3.8, 4) is 0 Å². The van der Waals surface area contributed by atoms with E-state index in [1.54, 1.807) is 19.1 Å². The van der Waals surface area contributed by atoms with Crippen LogP contribution in [0.15, 0.2) is 24.3 Å². The Balaban J connectivity index is 0.00000200. The van der Waals surface area contributed by atoms with Crippen molar-refractivity contribution in [3.05, 3.63) is 35.6 Å². The smallest absolute Gasteiger partial charge is 0.227 e. The molecule has 0 aromatic heterocycles. The lowest BCUT2D eigenvalue weighted by Gasteiger charge is -2.30. The molecule has 1 aliphatic carbocycles. The molecule has 1 amide bonds. The van der Waals surface area contributed by atoms with E-state index in [0.717, 1.165) is 25.7 Å². The van der Waals surface area contributed by atoms with Crippen molar-refractivity contribution in [1.29, 1.82) is 0 Å². The number of benzene rings is 1. The van der Waals surface area contributed by atoms with E-state index in [9.17, 15) is 9.18 Å². The predicted molar refractivity (Wildman–Crippen MR) is 80.5 cm³/mol. The van der Waals surface area contributed by atoms with Crippen LogP contribution in [-0.2, 0) is 4.79 Å². The summed E-state index contributed by atoms with van der Waals surface area (Å²) in [7, 11) is 0. The Labute approximate surface area is 125 Å². The molecule has 3 N–H and O–H groups in total. The van der Waals surface area contributed by atoms with E-state index in [0.29, 0.717) is 12.1 Å². The van der Waals surface area contributed by atoms with Crippen LogP contribution in [0.1, 0.15) is 44.1 Å². The Hall–Kier alpha value is -1.13. The largest absolute Gasteiger partial charge is 0.349 e. The number of rotatable bonds is 4. The zero-order valence-corrected chi connectivity index (χ0v) is 12.5. The van der Waals surface area contributed by atoms with Crippen molar-refractivity contribution in [2.45, 2.75) is 44.1 Å².